The largest absolute Gasteiger partial charge is 0.416 e. The van der Waals surface area contributed by atoms with Crippen LogP contribution in [-0.2, 0) is 19.8 Å². The van der Waals surface area contributed by atoms with Crippen molar-refractivity contribution in [3.63, 3.8) is 0 Å². The molecule has 0 aliphatic carbocycles. The zero-order valence-electron chi connectivity index (χ0n) is 11.8. The molecule has 3 nitrogen and oxygen atoms in total. The highest BCUT2D eigenvalue weighted by atomic mass is 19.4. The Morgan fingerprint density at radius 1 is 1.24 bits per heavy atom. The first-order valence-electron chi connectivity index (χ1n) is 6.30. The first-order chi connectivity index (χ1) is 9.70. The molecule has 0 aliphatic rings. The lowest BCUT2D eigenvalue weighted by Gasteiger charge is -2.11. The fourth-order valence-electron chi connectivity index (χ4n) is 2.08. The third-order valence-corrected chi connectivity index (χ3v) is 3.35. The van der Waals surface area contributed by atoms with Gasteiger partial charge >= 0.3 is 6.18 Å². The van der Waals surface area contributed by atoms with Gasteiger partial charge in [0.2, 0.25) is 0 Å². The minimum absolute atomic E-state index is 0.0946. The van der Waals surface area contributed by atoms with E-state index in [-0.39, 0.29) is 12.1 Å². The predicted molar refractivity (Wildman–Crippen MR) is 71.4 cm³/mol. The van der Waals surface area contributed by atoms with Crippen LogP contribution in [0.15, 0.2) is 18.2 Å². The van der Waals surface area contributed by atoms with E-state index >= 15 is 0 Å². The molecular formula is C14H15F4N3. The first-order valence-corrected chi connectivity index (χ1v) is 6.30. The summed E-state index contributed by atoms with van der Waals surface area (Å²) in [6.07, 6.45) is -4.54. The Labute approximate surface area is 119 Å². The molecule has 1 aromatic heterocycles. The molecule has 0 aliphatic heterocycles. The van der Waals surface area contributed by atoms with Crippen molar-refractivity contribution in [2.75, 3.05) is 5.32 Å². The van der Waals surface area contributed by atoms with E-state index in [0.29, 0.717) is 6.07 Å². The van der Waals surface area contributed by atoms with Gasteiger partial charge in [-0.05, 0) is 26.0 Å². The number of nitrogens with one attached hydrogen (secondary N) is 1. The van der Waals surface area contributed by atoms with Gasteiger partial charge in [0, 0.05) is 19.2 Å². The number of hydrogen-bond donors (Lipinski definition) is 1. The van der Waals surface area contributed by atoms with Gasteiger partial charge in [-0.15, -0.1) is 0 Å². The molecule has 0 saturated heterocycles. The summed E-state index contributed by atoms with van der Waals surface area (Å²) in [5.41, 5.74) is 1.57. The van der Waals surface area contributed by atoms with Gasteiger partial charge in [0.1, 0.15) is 5.82 Å². The van der Waals surface area contributed by atoms with Gasteiger partial charge in [0.15, 0.2) is 0 Å². The van der Waals surface area contributed by atoms with Crippen LogP contribution >= 0.6 is 0 Å². The Morgan fingerprint density at radius 3 is 2.38 bits per heavy atom. The van der Waals surface area contributed by atoms with E-state index in [2.05, 4.69) is 10.4 Å². The van der Waals surface area contributed by atoms with E-state index in [1.54, 1.807) is 18.7 Å². The molecule has 0 radical (unpaired) electrons. The fraction of sp³-hybridized carbons (Fsp3) is 0.357. The Morgan fingerprint density at radius 2 is 1.90 bits per heavy atom. The second-order valence-corrected chi connectivity index (χ2v) is 4.83. The average Bonchev–Trinajstić information content (AvgIpc) is 2.61. The van der Waals surface area contributed by atoms with Crippen LogP contribution in [0.2, 0.25) is 0 Å². The molecule has 21 heavy (non-hydrogen) atoms. The number of anilines is 1. The summed E-state index contributed by atoms with van der Waals surface area (Å²) in [7, 11) is 1.78. The summed E-state index contributed by atoms with van der Waals surface area (Å²) in [6.45, 7) is 3.75. The number of alkyl halides is 3. The normalized spacial score (nSPS) is 11.8. The molecule has 0 saturated carbocycles. The van der Waals surface area contributed by atoms with E-state index in [1.807, 2.05) is 6.92 Å². The second kappa shape index (κ2) is 5.38. The minimum atomic E-state index is -4.54. The molecule has 7 heteroatoms. The summed E-state index contributed by atoms with van der Waals surface area (Å²) in [6, 6.07) is 2.54. The van der Waals surface area contributed by atoms with Gasteiger partial charge in [-0.1, -0.05) is 6.07 Å². The summed E-state index contributed by atoms with van der Waals surface area (Å²) in [5.74, 6) is -0.878. The number of aryl methyl sites for hydroxylation is 2. The van der Waals surface area contributed by atoms with Gasteiger partial charge in [-0.3, -0.25) is 4.68 Å². The zero-order valence-corrected chi connectivity index (χ0v) is 11.8. The molecule has 0 spiro atoms. The maximum atomic E-state index is 13.7. The summed E-state index contributed by atoms with van der Waals surface area (Å²) in [5, 5.41) is 7.22. The standard InChI is InChI=1S/C14H15F4N3/c1-8-13(9(2)21(3)20-8)19-7-10-4-5-11(6-12(10)15)14(16,17)18/h4-6,19H,7H2,1-3H3. The SMILES string of the molecule is Cc1nn(C)c(C)c1NCc1ccc(C(F)(F)F)cc1F. The van der Waals surface area contributed by atoms with Gasteiger partial charge in [0.05, 0.1) is 22.6 Å². The Bertz CT molecular complexity index is 659. The third kappa shape index (κ3) is 3.17. The molecule has 1 aromatic carbocycles. The van der Waals surface area contributed by atoms with E-state index in [9.17, 15) is 17.6 Å². The van der Waals surface area contributed by atoms with Gasteiger partial charge in [-0.2, -0.15) is 18.3 Å². The molecule has 1 N–H and O–H groups in total. The van der Waals surface area contributed by atoms with Crippen molar-refractivity contribution >= 4 is 5.69 Å². The van der Waals surface area contributed by atoms with Crippen LogP contribution in [0.5, 0.6) is 0 Å². The third-order valence-electron chi connectivity index (χ3n) is 3.35. The van der Waals surface area contributed by atoms with Crippen LogP contribution in [0, 0.1) is 19.7 Å². The highest BCUT2D eigenvalue weighted by molar-refractivity contribution is 5.52. The molecule has 0 atom stereocenters. The molecule has 114 valence electrons. The lowest BCUT2D eigenvalue weighted by molar-refractivity contribution is -0.137. The molecule has 1 heterocycles. The van der Waals surface area contributed by atoms with E-state index in [4.69, 9.17) is 0 Å². The lowest BCUT2D eigenvalue weighted by Crippen LogP contribution is -2.08. The van der Waals surface area contributed by atoms with Crippen LogP contribution in [0.1, 0.15) is 22.5 Å². The average molecular weight is 301 g/mol. The quantitative estimate of drug-likeness (QED) is 0.874. The highest BCUT2D eigenvalue weighted by Gasteiger charge is 2.31. The summed E-state index contributed by atoms with van der Waals surface area (Å²) in [4.78, 5) is 0. The number of rotatable bonds is 3. The topological polar surface area (TPSA) is 29.9 Å². The van der Waals surface area contributed by atoms with Gasteiger partial charge in [0.25, 0.3) is 0 Å². The number of hydrogen-bond acceptors (Lipinski definition) is 2. The smallest absolute Gasteiger partial charge is 0.378 e. The number of halogens is 4. The van der Waals surface area contributed by atoms with Crippen LogP contribution < -0.4 is 5.32 Å². The minimum Gasteiger partial charge on any atom is -0.378 e. The number of nitrogens with zero attached hydrogens (tertiary/aromatic N) is 2. The van der Waals surface area contributed by atoms with E-state index in [0.717, 1.165) is 29.2 Å². The van der Waals surface area contributed by atoms with Crippen molar-refractivity contribution in [2.24, 2.45) is 7.05 Å². The van der Waals surface area contributed by atoms with Gasteiger partial charge in [-0.25, -0.2) is 4.39 Å². The Hall–Kier alpha value is -2.05. The van der Waals surface area contributed by atoms with Crippen LogP contribution in [0.25, 0.3) is 0 Å². The first kappa shape index (κ1) is 15.3. The molecule has 2 rings (SSSR count). The van der Waals surface area contributed by atoms with Gasteiger partial charge < -0.3 is 5.32 Å². The molecule has 0 bridgehead atoms. The van der Waals surface area contributed by atoms with Crippen molar-refractivity contribution in [3.8, 4) is 0 Å². The van der Waals surface area contributed by atoms with Crippen molar-refractivity contribution < 1.29 is 17.6 Å². The predicted octanol–water partition coefficient (Wildman–Crippen LogP) is 3.81. The van der Waals surface area contributed by atoms with Crippen LogP contribution in [0.4, 0.5) is 23.2 Å². The summed E-state index contributed by atoms with van der Waals surface area (Å²) < 4.78 is 52.8. The Balaban J connectivity index is 2.17. The Kier molecular flexibility index (Phi) is 3.93. The van der Waals surface area contributed by atoms with Crippen LogP contribution in [0.3, 0.4) is 0 Å². The zero-order chi connectivity index (χ0) is 15.8. The molecule has 0 unspecified atom stereocenters. The van der Waals surface area contributed by atoms with Crippen molar-refractivity contribution in [1.29, 1.82) is 0 Å². The van der Waals surface area contributed by atoms with E-state index < -0.39 is 17.6 Å². The van der Waals surface area contributed by atoms with E-state index in [1.165, 1.54) is 0 Å². The molecule has 0 amide bonds. The van der Waals surface area contributed by atoms with Crippen molar-refractivity contribution in [1.82, 2.24) is 9.78 Å². The number of benzene rings is 1. The fourth-order valence-corrected chi connectivity index (χ4v) is 2.08. The number of aromatic nitrogens is 2. The monoisotopic (exact) mass is 301 g/mol. The maximum absolute atomic E-state index is 13.7. The van der Waals surface area contributed by atoms with Crippen LogP contribution in [-0.4, -0.2) is 9.78 Å². The summed E-state index contributed by atoms with van der Waals surface area (Å²) >= 11 is 0. The maximum Gasteiger partial charge on any atom is 0.416 e. The lowest BCUT2D eigenvalue weighted by atomic mass is 10.1. The van der Waals surface area contributed by atoms with Crippen molar-refractivity contribution in [2.45, 2.75) is 26.6 Å². The molecule has 0 fully saturated rings. The molecule has 2 aromatic rings. The highest BCUT2D eigenvalue weighted by Crippen LogP contribution is 2.30. The van der Waals surface area contributed by atoms with Crippen molar-refractivity contribution in [3.05, 3.63) is 46.5 Å². The second-order valence-electron chi connectivity index (χ2n) is 4.83. The molecular weight excluding hydrogens is 286 g/mol.